The molecule has 9 heteroatoms. The summed E-state index contributed by atoms with van der Waals surface area (Å²) in [6.07, 6.45) is 0.574. The number of halogens is 3. The van der Waals surface area contributed by atoms with Crippen molar-refractivity contribution in [3.63, 3.8) is 0 Å². The van der Waals surface area contributed by atoms with E-state index >= 15 is 0 Å². The Bertz CT molecular complexity index is 818. The molecule has 0 aliphatic heterocycles. The normalized spacial score (nSPS) is 12.8. The lowest BCUT2D eigenvalue weighted by Crippen LogP contribution is -2.11. The summed E-state index contributed by atoms with van der Waals surface area (Å²) in [6, 6.07) is 3.01. The largest absolute Gasteiger partial charge is 0.418 e. The third kappa shape index (κ3) is 2.88. The standard InChI is InChI=1S/C14H12BrF2N5O/c1-7-10(15)11(12(16)17)21-22(7)8(2)13-19-20-14(23-13)9-3-5-18-6-4-9/h3-6,8,12H,1-2H3/t8-/m0/s1. The highest BCUT2D eigenvalue weighted by molar-refractivity contribution is 9.10. The molecule has 0 N–H and O–H groups in total. The molecule has 0 saturated carbocycles. The van der Waals surface area contributed by atoms with E-state index in [9.17, 15) is 8.78 Å². The fraction of sp³-hybridized carbons (Fsp3) is 0.286. The number of hydrogen-bond acceptors (Lipinski definition) is 5. The zero-order chi connectivity index (χ0) is 16.6. The highest BCUT2D eigenvalue weighted by atomic mass is 79.9. The van der Waals surface area contributed by atoms with Crippen LogP contribution in [-0.2, 0) is 0 Å². The zero-order valence-corrected chi connectivity index (χ0v) is 13.8. The van der Waals surface area contributed by atoms with Crippen LogP contribution in [0.3, 0.4) is 0 Å². The topological polar surface area (TPSA) is 69.6 Å². The van der Waals surface area contributed by atoms with E-state index in [2.05, 4.69) is 36.2 Å². The Kier molecular flexibility index (Phi) is 4.20. The summed E-state index contributed by atoms with van der Waals surface area (Å²) in [4.78, 5) is 3.92. The van der Waals surface area contributed by atoms with Crippen LogP contribution in [0.1, 0.15) is 36.7 Å². The summed E-state index contributed by atoms with van der Waals surface area (Å²) in [5.41, 5.74) is 0.997. The lowest BCUT2D eigenvalue weighted by atomic mass is 10.3. The second-order valence-electron chi connectivity index (χ2n) is 4.89. The Labute approximate surface area is 138 Å². The first kappa shape index (κ1) is 15.7. The molecule has 0 spiro atoms. The van der Waals surface area contributed by atoms with Gasteiger partial charge < -0.3 is 4.42 Å². The number of aromatic nitrogens is 5. The Hall–Kier alpha value is -2.16. The highest BCUT2D eigenvalue weighted by Crippen LogP contribution is 2.32. The fourth-order valence-electron chi connectivity index (χ4n) is 2.16. The molecular formula is C14H12BrF2N5O. The molecule has 0 amide bonds. The Morgan fingerprint density at radius 3 is 2.52 bits per heavy atom. The predicted molar refractivity (Wildman–Crippen MR) is 81.0 cm³/mol. The SMILES string of the molecule is Cc1c(Br)c(C(F)F)nn1[C@@H](C)c1nnc(-c2ccncc2)o1. The van der Waals surface area contributed by atoms with Crippen molar-refractivity contribution in [3.05, 3.63) is 46.3 Å². The van der Waals surface area contributed by atoms with Gasteiger partial charge in [0.1, 0.15) is 11.7 Å². The van der Waals surface area contributed by atoms with Crippen molar-refractivity contribution >= 4 is 15.9 Å². The lowest BCUT2D eigenvalue weighted by Gasteiger charge is -2.09. The molecule has 3 aromatic heterocycles. The quantitative estimate of drug-likeness (QED) is 0.682. The van der Waals surface area contributed by atoms with Crippen molar-refractivity contribution in [3.8, 4) is 11.5 Å². The molecule has 0 bridgehead atoms. The van der Waals surface area contributed by atoms with Crippen molar-refractivity contribution in [1.82, 2.24) is 25.0 Å². The Morgan fingerprint density at radius 2 is 1.91 bits per heavy atom. The van der Waals surface area contributed by atoms with Gasteiger partial charge in [0, 0.05) is 18.0 Å². The molecule has 0 radical (unpaired) electrons. The minimum Gasteiger partial charge on any atom is -0.418 e. The van der Waals surface area contributed by atoms with Crippen molar-refractivity contribution in [2.24, 2.45) is 0 Å². The van der Waals surface area contributed by atoms with Gasteiger partial charge in [0.05, 0.1) is 10.2 Å². The maximum Gasteiger partial charge on any atom is 0.283 e. The van der Waals surface area contributed by atoms with Gasteiger partial charge in [0.15, 0.2) is 0 Å². The predicted octanol–water partition coefficient (Wildman–Crippen LogP) is 3.95. The minimum atomic E-state index is -2.66. The Balaban J connectivity index is 1.94. The minimum absolute atomic E-state index is 0.285. The summed E-state index contributed by atoms with van der Waals surface area (Å²) in [7, 11) is 0. The molecule has 0 aliphatic carbocycles. The van der Waals surface area contributed by atoms with Gasteiger partial charge in [-0.25, -0.2) is 8.78 Å². The summed E-state index contributed by atoms with van der Waals surface area (Å²) in [6.45, 7) is 3.45. The molecule has 23 heavy (non-hydrogen) atoms. The van der Waals surface area contributed by atoms with Crippen LogP contribution in [0.5, 0.6) is 0 Å². The van der Waals surface area contributed by atoms with Crippen LogP contribution in [0, 0.1) is 6.92 Å². The molecule has 120 valence electrons. The molecule has 0 aliphatic rings. The molecule has 0 fully saturated rings. The lowest BCUT2D eigenvalue weighted by molar-refractivity contribution is 0.144. The van der Waals surface area contributed by atoms with E-state index in [0.717, 1.165) is 5.56 Å². The molecule has 1 atom stereocenters. The monoisotopic (exact) mass is 383 g/mol. The molecule has 0 aromatic carbocycles. The summed E-state index contributed by atoms with van der Waals surface area (Å²) in [5.74, 6) is 0.628. The van der Waals surface area contributed by atoms with Crippen LogP contribution in [0.2, 0.25) is 0 Å². The first-order valence-electron chi connectivity index (χ1n) is 6.75. The van der Waals surface area contributed by atoms with Gasteiger partial charge in [0.25, 0.3) is 6.43 Å². The molecule has 6 nitrogen and oxygen atoms in total. The molecular weight excluding hydrogens is 372 g/mol. The van der Waals surface area contributed by atoms with E-state index in [-0.39, 0.29) is 16.1 Å². The molecule has 0 unspecified atom stereocenters. The van der Waals surface area contributed by atoms with Crippen molar-refractivity contribution < 1.29 is 13.2 Å². The van der Waals surface area contributed by atoms with Gasteiger partial charge >= 0.3 is 0 Å². The van der Waals surface area contributed by atoms with Crippen LogP contribution in [0.25, 0.3) is 11.5 Å². The average molecular weight is 384 g/mol. The van der Waals surface area contributed by atoms with E-state index in [1.165, 1.54) is 4.68 Å². The number of nitrogens with zero attached hydrogens (tertiary/aromatic N) is 5. The third-order valence-electron chi connectivity index (χ3n) is 3.40. The van der Waals surface area contributed by atoms with Crippen LogP contribution in [-0.4, -0.2) is 25.0 Å². The van der Waals surface area contributed by atoms with E-state index < -0.39 is 12.5 Å². The smallest absolute Gasteiger partial charge is 0.283 e. The first-order chi connectivity index (χ1) is 11.0. The van der Waals surface area contributed by atoms with Gasteiger partial charge in [-0.15, -0.1) is 10.2 Å². The third-order valence-corrected chi connectivity index (χ3v) is 4.38. The van der Waals surface area contributed by atoms with Crippen LogP contribution < -0.4 is 0 Å². The highest BCUT2D eigenvalue weighted by Gasteiger charge is 2.25. The number of alkyl halides is 2. The van der Waals surface area contributed by atoms with Gasteiger partial charge in [-0.2, -0.15) is 5.10 Å². The maximum absolute atomic E-state index is 12.9. The molecule has 3 rings (SSSR count). The van der Waals surface area contributed by atoms with Crippen molar-refractivity contribution in [1.29, 1.82) is 0 Å². The average Bonchev–Trinajstić information content (AvgIpc) is 3.14. The van der Waals surface area contributed by atoms with E-state index in [1.54, 1.807) is 38.4 Å². The van der Waals surface area contributed by atoms with Crippen LogP contribution >= 0.6 is 15.9 Å². The van der Waals surface area contributed by atoms with E-state index in [4.69, 9.17) is 4.42 Å². The number of hydrogen-bond donors (Lipinski definition) is 0. The van der Waals surface area contributed by atoms with Crippen LogP contribution in [0.15, 0.2) is 33.4 Å². The van der Waals surface area contributed by atoms with Gasteiger partial charge in [-0.3, -0.25) is 9.67 Å². The summed E-state index contributed by atoms with van der Waals surface area (Å²) >= 11 is 3.15. The Morgan fingerprint density at radius 1 is 1.22 bits per heavy atom. The van der Waals surface area contributed by atoms with Gasteiger partial charge in [-0.1, -0.05) is 0 Å². The second kappa shape index (κ2) is 6.15. The van der Waals surface area contributed by atoms with Crippen LogP contribution in [0.4, 0.5) is 8.78 Å². The van der Waals surface area contributed by atoms with Crippen molar-refractivity contribution in [2.45, 2.75) is 26.3 Å². The van der Waals surface area contributed by atoms with Gasteiger partial charge in [0.2, 0.25) is 11.8 Å². The first-order valence-corrected chi connectivity index (χ1v) is 7.54. The molecule has 0 saturated heterocycles. The number of pyridine rings is 1. The molecule has 3 aromatic rings. The summed E-state index contributed by atoms with van der Waals surface area (Å²) < 4.78 is 33.3. The van der Waals surface area contributed by atoms with Gasteiger partial charge in [-0.05, 0) is 41.9 Å². The van der Waals surface area contributed by atoms with E-state index in [0.29, 0.717) is 11.6 Å². The number of rotatable bonds is 4. The fourth-order valence-corrected chi connectivity index (χ4v) is 2.59. The zero-order valence-electron chi connectivity index (χ0n) is 12.2. The van der Waals surface area contributed by atoms with E-state index in [1.807, 2.05) is 0 Å². The maximum atomic E-state index is 12.9. The molecule has 3 heterocycles. The second-order valence-corrected chi connectivity index (χ2v) is 5.68. The summed E-state index contributed by atoms with van der Waals surface area (Å²) in [5, 5.41) is 11.9. The van der Waals surface area contributed by atoms with Crippen molar-refractivity contribution in [2.75, 3.05) is 0 Å².